The molecule has 0 bridgehead atoms. The molecule has 0 spiro atoms. The molecule has 0 saturated heterocycles. The fraction of sp³-hybridized carbons (Fsp3) is 0.100. The van der Waals surface area contributed by atoms with E-state index in [4.69, 9.17) is 0 Å². The molecule has 3 heteroatoms. The van der Waals surface area contributed by atoms with Crippen molar-refractivity contribution in [2.75, 3.05) is 0 Å². The van der Waals surface area contributed by atoms with Crippen LogP contribution in [0.25, 0.3) is 9.40 Å². The lowest BCUT2D eigenvalue weighted by atomic mass is 10.2. The predicted octanol–water partition coefficient (Wildman–Crippen LogP) is 3.72. The zero-order chi connectivity index (χ0) is 9.42. The Morgan fingerprint density at radius 1 is 1.46 bits per heavy atom. The Balaban J connectivity index is 2.51. The van der Waals surface area contributed by atoms with Crippen LogP contribution in [0.5, 0.6) is 0 Å². The summed E-state index contributed by atoms with van der Waals surface area (Å²) in [5, 5.41) is 2.04. The number of hydrogen-bond donors (Lipinski definition) is 0. The van der Waals surface area contributed by atoms with Crippen molar-refractivity contribution >= 4 is 37.9 Å². The summed E-state index contributed by atoms with van der Waals surface area (Å²) in [7, 11) is 0. The van der Waals surface area contributed by atoms with Gasteiger partial charge in [-0.05, 0) is 30.0 Å². The summed E-state index contributed by atoms with van der Waals surface area (Å²) >= 11 is 3.21. The Morgan fingerprint density at radius 3 is 2.85 bits per heavy atom. The number of allylic oxidation sites excluding steroid dienone is 1. The molecular weight excluding hydrogens is 200 g/mol. The van der Waals surface area contributed by atoms with E-state index in [1.807, 2.05) is 17.5 Å². The molecule has 0 aliphatic rings. The number of rotatable bonds is 2. The van der Waals surface area contributed by atoms with E-state index in [0.29, 0.717) is 5.57 Å². The lowest BCUT2D eigenvalue weighted by molar-refractivity contribution is 0.103. The van der Waals surface area contributed by atoms with E-state index in [2.05, 4.69) is 6.58 Å². The van der Waals surface area contributed by atoms with Crippen LogP contribution in [-0.4, -0.2) is 5.78 Å². The van der Waals surface area contributed by atoms with Crippen LogP contribution in [0.4, 0.5) is 0 Å². The van der Waals surface area contributed by atoms with Crippen molar-refractivity contribution in [2.24, 2.45) is 0 Å². The number of carbonyl (C=O) groups excluding carboxylic acids is 1. The lowest BCUT2D eigenvalue weighted by Gasteiger charge is -1.91. The van der Waals surface area contributed by atoms with Crippen LogP contribution in [-0.2, 0) is 0 Å². The Kier molecular flexibility index (Phi) is 2.06. The molecule has 0 saturated carbocycles. The van der Waals surface area contributed by atoms with Gasteiger partial charge in [-0.25, -0.2) is 0 Å². The molecule has 66 valence electrons. The minimum atomic E-state index is 0.0633. The van der Waals surface area contributed by atoms with E-state index in [1.54, 1.807) is 29.6 Å². The molecule has 0 unspecified atom stereocenters. The van der Waals surface area contributed by atoms with Crippen LogP contribution in [0, 0.1) is 0 Å². The monoisotopic (exact) mass is 208 g/mol. The molecule has 0 fully saturated rings. The highest BCUT2D eigenvalue weighted by Gasteiger charge is 2.10. The van der Waals surface area contributed by atoms with Gasteiger partial charge in [0.05, 0.1) is 4.88 Å². The van der Waals surface area contributed by atoms with Crippen molar-refractivity contribution in [3.05, 3.63) is 34.5 Å². The third-order valence-electron chi connectivity index (χ3n) is 1.75. The maximum atomic E-state index is 11.5. The van der Waals surface area contributed by atoms with Gasteiger partial charge < -0.3 is 0 Å². The fourth-order valence-electron chi connectivity index (χ4n) is 1.09. The first-order chi connectivity index (χ1) is 6.18. The molecule has 0 aromatic carbocycles. The van der Waals surface area contributed by atoms with Crippen molar-refractivity contribution in [1.82, 2.24) is 0 Å². The quantitative estimate of drug-likeness (QED) is 0.543. The average Bonchev–Trinajstić information content (AvgIpc) is 2.59. The minimum Gasteiger partial charge on any atom is -0.288 e. The Bertz CT molecular complexity index is 447. The van der Waals surface area contributed by atoms with Gasteiger partial charge in [-0.15, -0.1) is 22.7 Å². The molecule has 2 aromatic rings. The van der Waals surface area contributed by atoms with Crippen LogP contribution in [0.15, 0.2) is 29.7 Å². The number of fused-ring (bicyclic) bond motifs is 1. The predicted molar refractivity (Wildman–Crippen MR) is 58.8 cm³/mol. The van der Waals surface area contributed by atoms with Gasteiger partial charge in [0.2, 0.25) is 0 Å². The van der Waals surface area contributed by atoms with Crippen molar-refractivity contribution in [3.8, 4) is 0 Å². The van der Waals surface area contributed by atoms with Gasteiger partial charge in [0, 0.05) is 9.40 Å². The van der Waals surface area contributed by atoms with Gasteiger partial charge in [0.1, 0.15) is 0 Å². The maximum absolute atomic E-state index is 11.5. The number of thiophene rings is 2. The second kappa shape index (κ2) is 3.09. The summed E-state index contributed by atoms with van der Waals surface area (Å²) in [6.07, 6.45) is 0. The van der Waals surface area contributed by atoms with E-state index < -0.39 is 0 Å². The van der Waals surface area contributed by atoms with E-state index >= 15 is 0 Å². The summed E-state index contributed by atoms with van der Waals surface area (Å²) in [5.74, 6) is 0.0633. The maximum Gasteiger partial charge on any atom is 0.198 e. The smallest absolute Gasteiger partial charge is 0.198 e. The highest BCUT2D eigenvalue weighted by atomic mass is 32.1. The number of Topliss-reactive ketones (excluding diaryl/α,β-unsaturated/α-hetero) is 1. The summed E-state index contributed by atoms with van der Waals surface area (Å²) in [6.45, 7) is 5.39. The van der Waals surface area contributed by atoms with Gasteiger partial charge in [0.15, 0.2) is 5.78 Å². The van der Waals surface area contributed by atoms with Crippen LogP contribution in [0.3, 0.4) is 0 Å². The third-order valence-corrected chi connectivity index (χ3v) is 3.84. The van der Waals surface area contributed by atoms with E-state index in [0.717, 1.165) is 4.88 Å². The zero-order valence-electron chi connectivity index (χ0n) is 7.16. The van der Waals surface area contributed by atoms with Gasteiger partial charge in [0.25, 0.3) is 0 Å². The minimum absolute atomic E-state index is 0.0633. The molecule has 1 nitrogen and oxygen atoms in total. The van der Waals surface area contributed by atoms with Crippen molar-refractivity contribution < 1.29 is 4.79 Å². The molecule has 0 radical (unpaired) electrons. The Hall–Kier alpha value is -0.930. The lowest BCUT2D eigenvalue weighted by Crippen LogP contribution is -1.94. The highest BCUT2D eigenvalue weighted by Crippen LogP contribution is 2.30. The first-order valence-corrected chi connectivity index (χ1v) is 5.55. The molecule has 0 atom stereocenters. The Labute approximate surface area is 84.3 Å². The second-order valence-electron chi connectivity index (χ2n) is 2.87. The summed E-state index contributed by atoms with van der Waals surface area (Å²) in [5.41, 5.74) is 0.605. The molecule has 2 aromatic heterocycles. The number of ketones is 1. The summed E-state index contributed by atoms with van der Waals surface area (Å²) < 4.78 is 2.38. The molecular formula is C10H8OS2. The van der Waals surface area contributed by atoms with Gasteiger partial charge >= 0.3 is 0 Å². The van der Waals surface area contributed by atoms with Crippen LogP contribution in [0.2, 0.25) is 0 Å². The molecule has 0 aliphatic heterocycles. The summed E-state index contributed by atoms with van der Waals surface area (Å²) in [4.78, 5) is 12.3. The highest BCUT2D eigenvalue weighted by molar-refractivity contribution is 7.28. The number of hydrogen-bond acceptors (Lipinski definition) is 3. The van der Waals surface area contributed by atoms with Crippen LogP contribution >= 0.6 is 22.7 Å². The number of carbonyl (C=O) groups is 1. The molecule has 2 rings (SSSR count). The Morgan fingerprint density at radius 2 is 2.23 bits per heavy atom. The first kappa shape index (κ1) is 8.66. The molecule has 0 amide bonds. The standard InChI is InChI=1S/C10H8OS2/c1-6(2)10(11)9-5-8-7(13-9)3-4-12-8/h3-5H,1H2,2H3. The van der Waals surface area contributed by atoms with E-state index in [-0.39, 0.29) is 5.78 Å². The fourth-order valence-corrected chi connectivity index (χ4v) is 3.22. The third kappa shape index (κ3) is 1.45. The average molecular weight is 208 g/mol. The van der Waals surface area contributed by atoms with Gasteiger partial charge in [-0.1, -0.05) is 6.58 Å². The summed E-state index contributed by atoms with van der Waals surface area (Å²) in [6, 6.07) is 3.99. The largest absolute Gasteiger partial charge is 0.288 e. The molecule has 0 N–H and O–H groups in total. The molecule has 0 aliphatic carbocycles. The molecule has 13 heavy (non-hydrogen) atoms. The van der Waals surface area contributed by atoms with Crippen molar-refractivity contribution in [1.29, 1.82) is 0 Å². The van der Waals surface area contributed by atoms with E-state index in [1.165, 1.54) is 9.40 Å². The SMILES string of the molecule is C=C(C)C(=O)c1cc2sccc2s1. The normalized spacial score (nSPS) is 10.5. The zero-order valence-corrected chi connectivity index (χ0v) is 8.80. The van der Waals surface area contributed by atoms with Crippen LogP contribution < -0.4 is 0 Å². The first-order valence-electron chi connectivity index (χ1n) is 3.86. The molecule has 2 heterocycles. The van der Waals surface area contributed by atoms with Gasteiger partial charge in [-0.2, -0.15) is 0 Å². The van der Waals surface area contributed by atoms with E-state index in [9.17, 15) is 4.79 Å². The van der Waals surface area contributed by atoms with Crippen LogP contribution in [0.1, 0.15) is 16.6 Å². The van der Waals surface area contributed by atoms with Crippen molar-refractivity contribution in [2.45, 2.75) is 6.92 Å². The second-order valence-corrected chi connectivity index (χ2v) is 4.90. The van der Waals surface area contributed by atoms with Crippen molar-refractivity contribution in [3.63, 3.8) is 0 Å². The topological polar surface area (TPSA) is 17.1 Å². The van der Waals surface area contributed by atoms with Gasteiger partial charge in [-0.3, -0.25) is 4.79 Å².